The van der Waals surface area contributed by atoms with Crippen LogP contribution in [-0.2, 0) is 0 Å². The predicted molar refractivity (Wildman–Crippen MR) is 83.4 cm³/mol. The van der Waals surface area contributed by atoms with Crippen molar-refractivity contribution < 1.29 is 10.2 Å². The molecule has 2 heteroatoms. The molecule has 0 saturated carbocycles. The average Bonchev–Trinajstić information content (AvgIpc) is 2.34. The molecule has 0 fully saturated rings. The number of hydrogen-bond donors (Lipinski definition) is 2. The molecule has 0 aromatic rings. The Labute approximate surface area is 120 Å². The quantitative estimate of drug-likeness (QED) is 0.472. The van der Waals surface area contributed by atoms with Crippen molar-refractivity contribution in [2.75, 3.05) is 0 Å². The third kappa shape index (κ3) is 12.7. The largest absolute Gasteiger partial charge is 0.390 e. The van der Waals surface area contributed by atoms with E-state index in [1.807, 2.05) is 0 Å². The minimum absolute atomic E-state index is 0.578. The Hall–Kier alpha value is -0.0800. The summed E-state index contributed by atoms with van der Waals surface area (Å²) in [6, 6.07) is 0. The first-order valence-corrected chi connectivity index (χ1v) is 8.39. The second-order valence-corrected chi connectivity index (χ2v) is 6.49. The Bertz CT molecular complexity index is 184. The second kappa shape index (κ2) is 11.7. The van der Waals surface area contributed by atoms with Crippen LogP contribution in [0.25, 0.3) is 0 Å². The molecule has 0 heterocycles. The van der Waals surface area contributed by atoms with Gasteiger partial charge in [-0.25, -0.2) is 0 Å². The molecule has 0 saturated heterocycles. The van der Waals surface area contributed by atoms with Gasteiger partial charge in [-0.2, -0.15) is 0 Å². The van der Waals surface area contributed by atoms with Crippen molar-refractivity contribution in [3.63, 3.8) is 0 Å². The zero-order valence-corrected chi connectivity index (χ0v) is 13.5. The summed E-state index contributed by atoms with van der Waals surface area (Å²) in [5.41, 5.74) is -0.946. The lowest BCUT2D eigenvalue weighted by Crippen LogP contribution is -2.35. The topological polar surface area (TPSA) is 40.5 Å². The fourth-order valence-corrected chi connectivity index (χ4v) is 2.36. The normalized spacial score (nSPS) is 13.7. The summed E-state index contributed by atoms with van der Waals surface area (Å²) < 4.78 is 0. The van der Waals surface area contributed by atoms with Crippen LogP contribution in [0.3, 0.4) is 0 Å². The third-order valence-corrected chi connectivity index (χ3v) is 3.90. The van der Waals surface area contributed by atoms with Gasteiger partial charge in [0.1, 0.15) is 0 Å². The molecular formula is C17H36O2. The highest BCUT2D eigenvalue weighted by Crippen LogP contribution is 2.16. The minimum Gasteiger partial charge on any atom is -0.390 e. The van der Waals surface area contributed by atoms with Gasteiger partial charge in [0, 0.05) is 0 Å². The SMILES string of the molecule is CCCCCCCCCCCCCC(O)C(C)(C)O. The Kier molecular flexibility index (Phi) is 11.7. The van der Waals surface area contributed by atoms with Gasteiger partial charge in [-0.3, -0.25) is 0 Å². The first-order valence-electron chi connectivity index (χ1n) is 8.39. The van der Waals surface area contributed by atoms with Crippen LogP contribution in [0.1, 0.15) is 97.8 Å². The van der Waals surface area contributed by atoms with E-state index >= 15 is 0 Å². The van der Waals surface area contributed by atoms with Crippen molar-refractivity contribution in [3.8, 4) is 0 Å². The molecule has 0 aliphatic rings. The standard InChI is InChI=1S/C17H36O2/c1-4-5-6-7-8-9-10-11-12-13-14-15-16(18)17(2,3)19/h16,18-19H,4-15H2,1-3H3. The first kappa shape index (κ1) is 18.9. The van der Waals surface area contributed by atoms with Crippen molar-refractivity contribution in [2.24, 2.45) is 0 Å². The van der Waals surface area contributed by atoms with Crippen LogP contribution in [0.5, 0.6) is 0 Å². The minimum atomic E-state index is -0.946. The van der Waals surface area contributed by atoms with Gasteiger partial charge in [-0.05, 0) is 20.3 Å². The van der Waals surface area contributed by atoms with E-state index < -0.39 is 11.7 Å². The van der Waals surface area contributed by atoms with E-state index in [4.69, 9.17) is 0 Å². The Morgan fingerprint density at radius 1 is 0.737 bits per heavy atom. The van der Waals surface area contributed by atoms with E-state index in [1.54, 1.807) is 13.8 Å². The van der Waals surface area contributed by atoms with E-state index in [2.05, 4.69) is 6.92 Å². The van der Waals surface area contributed by atoms with E-state index in [1.165, 1.54) is 64.2 Å². The fraction of sp³-hybridized carbons (Fsp3) is 1.00. The molecule has 0 bridgehead atoms. The van der Waals surface area contributed by atoms with E-state index in [-0.39, 0.29) is 0 Å². The molecule has 0 radical (unpaired) electrons. The number of aliphatic hydroxyl groups is 2. The monoisotopic (exact) mass is 272 g/mol. The van der Waals surface area contributed by atoms with Gasteiger partial charge in [-0.1, -0.05) is 77.6 Å². The van der Waals surface area contributed by atoms with Crippen LogP contribution in [0, 0.1) is 0 Å². The summed E-state index contributed by atoms with van der Waals surface area (Å²) >= 11 is 0. The van der Waals surface area contributed by atoms with Crippen LogP contribution >= 0.6 is 0 Å². The maximum Gasteiger partial charge on any atom is 0.0849 e. The van der Waals surface area contributed by atoms with Crippen LogP contribution in [0.4, 0.5) is 0 Å². The molecule has 0 amide bonds. The number of rotatable bonds is 13. The molecule has 0 aromatic heterocycles. The van der Waals surface area contributed by atoms with Gasteiger partial charge in [0.2, 0.25) is 0 Å². The lowest BCUT2D eigenvalue weighted by atomic mass is 9.96. The highest BCUT2D eigenvalue weighted by molar-refractivity contribution is 4.75. The lowest BCUT2D eigenvalue weighted by Gasteiger charge is -2.24. The van der Waals surface area contributed by atoms with Gasteiger partial charge >= 0.3 is 0 Å². The van der Waals surface area contributed by atoms with Gasteiger partial charge in [-0.15, -0.1) is 0 Å². The lowest BCUT2D eigenvalue weighted by molar-refractivity contribution is -0.0522. The smallest absolute Gasteiger partial charge is 0.0849 e. The molecule has 0 aliphatic heterocycles. The van der Waals surface area contributed by atoms with Gasteiger partial charge in [0.05, 0.1) is 11.7 Å². The van der Waals surface area contributed by atoms with Gasteiger partial charge in [0.25, 0.3) is 0 Å². The Morgan fingerprint density at radius 3 is 1.47 bits per heavy atom. The fourth-order valence-electron chi connectivity index (χ4n) is 2.36. The van der Waals surface area contributed by atoms with Crippen molar-refractivity contribution in [1.29, 1.82) is 0 Å². The molecule has 0 aliphatic carbocycles. The summed E-state index contributed by atoms with van der Waals surface area (Å²) in [6.45, 7) is 5.61. The summed E-state index contributed by atoms with van der Waals surface area (Å²) in [5, 5.41) is 19.3. The molecule has 1 atom stereocenters. The Morgan fingerprint density at radius 2 is 1.11 bits per heavy atom. The predicted octanol–water partition coefficient (Wildman–Crippen LogP) is 4.82. The van der Waals surface area contributed by atoms with Crippen LogP contribution in [0.15, 0.2) is 0 Å². The van der Waals surface area contributed by atoms with E-state index in [9.17, 15) is 10.2 Å². The van der Waals surface area contributed by atoms with Crippen molar-refractivity contribution in [3.05, 3.63) is 0 Å². The summed E-state index contributed by atoms with van der Waals surface area (Å²) in [7, 11) is 0. The molecule has 19 heavy (non-hydrogen) atoms. The van der Waals surface area contributed by atoms with Crippen molar-refractivity contribution in [1.82, 2.24) is 0 Å². The van der Waals surface area contributed by atoms with Crippen LogP contribution < -0.4 is 0 Å². The molecular weight excluding hydrogens is 236 g/mol. The summed E-state index contributed by atoms with van der Waals surface area (Å²) in [6.07, 6.45) is 14.6. The van der Waals surface area contributed by atoms with Gasteiger partial charge < -0.3 is 10.2 Å². The second-order valence-electron chi connectivity index (χ2n) is 6.49. The number of aliphatic hydroxyl groups excluding tert-OH is 1. The number of hydrogen-bond acceptors (Lipinski definition) is 2. The Balaban J connectivity index is 3.15. The van der Waals surface area contributed by atoms with E-state index in [0.717, 1.165) is 12.8 Å². The highest BCUT2D eigenvalue weighted by atomic mass is 16.3. The van der Waals surface area contributed by atoms with E-state index in [0.29, 0.717) is 0 Å². The maximum atomic E-state index is 9.68. The molecule has 0 spiro atoms. The number of unbranched alkanes of at least 4 members (excludes halogenated alkanes) is 10. The summed E-state index contributed by atoms with van der Waals surface area (Å²) in [4.78, 5) is 0. The zero-order chi connectivity index (χ0) is 14.6. The van der Waals surface area contributed by atoms with Crippen LogP contribution in [-0.4, -0.2) is 21.9 Å². The summed E-state index contributed by atoms with van der Waals surface area (Å²) in [5.74, 6) is 0. The molecule has 0 rings (SSSR count). The third-order valence-electron chi connectivity index (χ3n) is 3.90. The zero-order valence-electron chi connectivity index (χ0n) is 13.5. The van der Waals surface area contributed by atoms with Crippen molar-refractivity contribution in [2.45, 2.75) is 110 Å². The molecule has 116 valence electrons. The molecule has 1 unspecified atom stereocenters. The first-order chi connectivity index (χ1) is 8.98. The molecule has 2 N–H and O–H groups in total. The average molecular weight is 272 g/mol. The van der Waals surface area contributed by atoms with Crippen LogP contribution in [0.2, 0.25) is 0 Å². The van der Waals surface area contributed by atoms with Crippen molar-refractivity contribution >= 4 is 0 Å². The highest BCUT2D eigenvalue weighted by Gasteiger charge is 2.23. The molecule has 0 aromatic carbocycles. The maximum absolute atomic E-state index is 9.68. The van der Waals surface area contributed by atoms with Gasteiger partial charge in [0.15, 0.2) is 0 Å². The molecule has 2 nitrogen and oxygen atoms in total.